The number of aryl methyl sites for hydroxylation is 1. The molecule has 1 aromatic heterocycles. The van der Waals surface area contributed by atoms with Crippen LogP contribution in [0.3, 0.4) is 0 Å². The number of cyclic esters (lactones) is 1. The summed E-state index contributed by atoms with van der Waals surface area (Å²) in [6.45, 7) is 22.7. The molecule has 6 bridgehead atoms. The number of aliphatic imine (C=N–C) groups is 1. The number of methoxy groups -OCH3 is 1. The van der Waals surface area contributed by atoms with Crippen molar-refractivity contribution in [1.82, 2.24) is 30.1 Å². The number of aromatic nitrogens is 1. The number of hydrogen-bond acceptors (Lipinski definition) is 10. The number of fused-ring (bicyclic) bond motifs is 6. The van der Waals surface area contributed by atoms with Crippen LogP contribution in [0, 0.1) is 34.5 Å². The van der Waals surface area contributed by atoms with Crippen LogP contribution in [-0.2, 0) is 52.8 Å². The van der Waals surface area contributed by atoms with Crippen molar-refractivity contribution in [1.29, 1.82) is 5.26 Å². The fourth-order valence-corrected chi connectivity index (χ4v) is 9.97. The lowest BCUT2D eigenvalue weighted by molar-refractivity contribution is -0.155. The Bertz CT molecular complexity index is 2550. The number of nitrogens with zero attached hydrogens (tertiary/aromatic N) is 6. The first-order chi connectivity index (χ1) is 32.4. The lowest BCUT2D eigenvalue weighted by Gasteiger charge is -2.37. The van der Waals surface area contributed by atoms with Crippen molar-refractivity contribution in [3.63, 3.8) is 0 Å². The second kappa shape index (κ2) is 21.7. The van der Waals surface area contributed by atoms with Crippen LogP contribution in [0.25, 0.3) is 27.6 Å². The van der Waals surface area contributed by atoms with Crippen LogP contribution in [0.4, 0.5) is 0 Å². The van der Waals surface area contributed by atoms with Gasteiger partial charge in [0.1, 0.15) is 18.1 Å². The van der Waals surface area contributed by atoms with E-state index in [-0.39, 0.29) is 44.7 Å². The number of carbonyl (C=O) groups is 5. The van der Waals surface area contributed by atoms with E-state index in [4.69, 9.17) is 14.5 Å². The molecule has 2 N–H and O–H groups in total. The van der Waals surface area contributed by atoms with E-state index in [0.29, 0.717) is 25.8 Å². The Morgan fingerprint density at radius 1 is 1.10 bits per heavy atom. The number of hydrogen-bond donors (Lipinski definition) is 2. The first-order valence-electron chi connectivity index (χ1n) is 23.7. The van der Waals surface area contributed by atoms with E-state index in [1.807, 2.05) is 58.0 Å². The number of benzene rings is 2. The average Bonchev–Trinajstić information content (AvgIpc) is 3.90. The molecule has 0 radical (unpaired) electrons. The van der Waals surface area contributed by atoms with Gasteiger partial charge in [0.05, 0.1) is 42.0 Å². The molecular formula is C53H68N8O7. The Morgan fingerprint density at radius 2 is 1.84 bits per heavy atom. The zero-order valence-corrected chi connectivity index (χ0v) is 41.1. The number of likely N-dealkylation sites (tertiary alicyclic amines) is 1. The Morgan fingerprint density at radius 3 is 2.49 bits per heavy atom. The molecule has 15 heteroatoms. The van der Waals surface area contributed by atoms with Crippen molar-refractivity contribution in [3.8, 4) is 17.2 Å². The first-order valence-corrected chi connectivity index (χ1v) is 23.7. The highest BCUT2D eigenvalue weighted by molar-refractivity contribution is 5.96. The van der Waals surface area contributed by atoms with Gasteiger partial charge in [-0.2, -0.15) is 5.26 Å². The maximum atomic E-state index is 14.7. The van der Waals surface area contributed by atoms with Crippen LogP contribution in [0.1, 0.15) is 78.1 Å². The van der Waals surface area contributed by atoms with Gasteiger partial charge in [0.15, 0.2) is 0 Å². The van der Waals surface area contributed by atoms with Crippen molar-refractivity contribution in [2.45, 2.75) is 105 Å². The third-order valence-electron chi connectivity index (χ3n) is 13.5. The predicted molar refractivity (Wildman–Crippen MR) is 264 cm³/mol. The summed E-state index contributed by atoms with van der Waals surface area (Å²) in [6.07, 6.45) is 6.00. The molecule has 0 spiro atoms. The Kier molecular flexibility index (Phi) is 16.3. The Hall–Kier alpha value is -6.37. The van der Waals surface area contributed by atoms with Crippen LogP contribution in [0.15, 0.2) is 78.5 Å². The minimum Gasteiger partial charge on any atom is -0.464 e. The quantitative estimate of drug-likeness (QED) is 0.0918. The van der Waals surface area contributed by atoms with E-state index in [9.17, 15) is 29.2 Å². The van der Waals surface area contributed by atoms with Crippen LogP contribution in [-0.4, -0.2) is 120 Å². The van der Waals surface area contributed by atoms with E-state index in [2.05, 4.69) is 73.5 Å². The number of hydrazine groups is 1. The molecule has 68 heavy (non-hydrogen) atoms. The zero-order chi connectivity index (χ0) is 49.6. The van der Waals surface area contributed by atoms with Crippen molar-refractivity contribution < 1.29 is 33.4 Å². The monoisotopic (exact) mass is 929 g/mol. The zero-order valence-electron chi connectivity index (χ0n) is 41.1. The predicted octanol–water partition coefficient (Wildman–Crippen LogP) is 6.27. The fourth-order valence-electron chi connectivity index (χ4n) is 9.97. The number of rotatable bonds is 12. The second-order valence-corrected chi connectivity index (χ2v) is 19.2. The lowest BCUT2D eigenvalue weighted by Crippen LogP contribution is -2.62. The molecule has 4 amide bonds. The van der Waals surface area contributed by atoms with E-state index in [1.54, 1.807) is 13.3 Å². The highest BCUT2D eigenvalue weighted by Gasteiger charge is 2.44. The largest absolute Gasteiger partial charge is 0.464 e. The number of allylic oxidation sites excluding steroid dienone is 2. The van der Waals surface area contributed by atoms with Gasteiger partial charge >= 0.3 is 5.97 Å². The van der Waals surface area contributed by atoms with Gasteiger partial charge < -0.3 is 29.2 Å². The number of esters is 1. The van der Waals surface area contributed by atoms with Gasteiger partial charge in [0.2, 0.25) is 17.7 Å². The van der Waals surface area contributed by atoms with Crippen molar-refractivity contribution in [2.24, 2.45) is 28.2 Å². The highest BCUT2D eigenvalue weighted by Crippen LogP contribution is 2.40. The summed E-state index contributed by atoms with van der Waals surface area (Å²) < 4.78 is 14.2. The summed E-state index contributed by atoms with van der Waals surface area (Å²) in [5.74, 6) is -4.33. The molecule has 4 heterocycles. The molecule has 0 aliphatic carbocycles. The van der Waals surface area contributed by atoms with Gasteiger partial charge in [-0.05, 0) is 86.4 Å². The van der Waals surface area contributed by atoms with Gasteiger partial charge in [0.25, 0.3) is 5.91 Å². The maximum absolute atomic E-state index is 14.7. The van der Waals surface area contributed by atoms with Crippen molar-refractivity contribution >= 4 is 52.3 Å². The summed E-state index contributed by atoms with van der Waals surface area (Å²) in [5, 5.41) is 15.4. The molecule has 0 unspecified atom stereocenters. The van der Waals surface area contributed by atoms with E-state index < -0.39 is 65.0 Å². The van der Waals surface area contributed by atoms with Gasteiger partial charge in [-0.3, -0.25) is 34.0 Å². The molecule has 2 fully saturated rings. The summed E-state index contributed by atoms with van der Waals surface area (Å²) >= 11 is 0. The number of ether oxygens (including phenoxy) is 2. The van der Waals surface area contributed by atoms with Crippen LogP contribution in [0.2, 0.25) is 0 Å². The van der Waals surface area contributed by atoms with E-state index in [1.165, 1.54) is 21.9 Å². The third kappa shape index (κ3) is 10.7. The number of nitriles is 1. The molecule has 0 saturated carbocycles. The third-order valence-corrected chi connectivity index (χ3v) is 13.5. The van der Waals surface area contributed by atoms with E-state index in [0.717, 1.165) is 56.2 Å². The molecule has 3 aliphatic heterocycles. The molecule has 15 nitrogen and oxygen atoms in total. The lowest BCUT2D eigenvalue weighted by atomic mass is 9.84. The van der Waals surface area contributed by atoms with Gasteiger partial charge in [-0.25, -0.2) is 5.43 Å². The van der Waals surface area contributed by atoms with Gasteiger partial charge in [0, 0.05) is 74.9 Å². The minimum absolute atomic E-state index is 0.0211. The maximum Gasteiger partial charge on any atom is 0.324 e. The van der Waals surface area contributed by atoms with Crippen LogP contribution < -0.4 is 10.7 Å². The average molecular weight is 929 g/mol. The summed E-state index contributed by atoms with van der Waals surface area (Å²) in [4.78, 5) is 77.4. The molecular weight excluding hydrogens is 861 g/mol. The van der Waals surface area contributed by atoms with Crippen LogP contribution in [0.5, 0.6) is 0 Å². The molecule has 6 atom stereocenters. The van der Waals surface area contributed by atoms with Crippen LogP contribution >= 0.6 is 0 Å². The Labute approximate surface area is 400 Å². The van der Waals surface area contributed by atoms with Crippen molar-refractivity contribution in [3.05, 3.63) is 90.3 Å². The molecule has 3 aromatic rings. The van der Waals surface area contributed by atoms with E-state index >= 15 is 0 Å². The summed E-state index contributed by atoms with van der Waals surface area (Å²) in [5.41, 5.74) is 9.84. The minimum atomic E-state index is -1.12. The Balaban J connectivity index is 1.45. The second-order valence-electron chi connectivity index (χ2n) is 19.2. The smallest absolute Gasteiger partial charge is 0.324 e. The van der Waals surface area contributed by atoms with Gasteiger partial charge in [-0.15, -0.1) is 0 Å². The molecule has 362 valence electrons. The number of likely N-dealkylation sites (N-methyl/N-ethyl adjacent to an activating group) is 1. The molecule has 2 aromatic carbocycles. The number of nitrogens with one attached hydrogen (secondary N) is 2. The first kappa shape index (κ1) is 51.0. The normalized spacial score (nSPS) is 22.2. The highest BCUT2D eigenvalue weighted by atomic mass is 16.5. The van der Waals surface area contributed by atoms with Gasteiger partial charge in [-0.1, -0.05) is 77.3 Å². The standard InChI is InChI=1S/C53H68N8O7/c1-12-38(46(55-14-3)33(7)67-11)48-40-27-53(8,9)31-68-52(66)42-20-17-23-61(57-42)51(65)43(25-34-18-16-19-35(24-34)36-21-22-44(39(40)26-36)60(48)15-4)56-49(63)47(32(5)6)58(10)50(64)41-30-59(45(62)13-2)29-37(41)28-54/h12-14,16,18-19,21-22,24,26,32-33,37,41-43,47,57H,1-2,15,17,20,23,25,27,29-31H2,3-11H3,(H,56,63)/b46-38+,55-14?/t33-,37-,41+,42-,43-,47-/m0/s1. The topological polar surface area (TPSA) is 179 Å². The number of amides is 4. The SMILES string of the molecule is C=CC(=O)N1C[C@H](C#N)[C@H](C(=O)N(C)[C@H](C(=O)N[C@H]2Cc3cccc(c3)-c3ccc4c(c3)c(c(/C(C=C)=C(/N=CC)[C@H](C)OC)n4CC)CC(C)(C)COC(=O)[C@@H]3CCCN(N3)C2=O)C(C)C)C1. The molecule has 3 aliphatic rings. The molecule has 6 rings (SSSR count). The number of carbonyl (C=O) groups excluding carboxylic acids is 5. The van der Waals surface area contributed by atoms with Crippen molar-refractivity contribution in [2.75, 3.05) is 40.4 Å². The summed E-state index contributed by atoms with van der Waals surface area (Å²) in [7, 11) is 3.18. The molecule has 2 saturated heterocycles. The summed E-state index contributed by atoms with van der Waals surface area (Å²) in [6, 6.07) is 13.5. The fraction of sp³-hybridized carbons (Fsp3) is 0.491.